The van der Waals surface area contributed by atoms with E-state index < -0.39 is 0 Å². The van der Waals surface area contributed by atoms with Gasteiger partial charge in [-0.05, 0) is 29.7 Å². The van der Waals surface area contributed by atoms with Crippen LogP contribution >= 0.6 is 0 Å². The van der Waals surface area contributed by atoms with Gasteiger partial charge in [0.05, 0.1) is 29.0 Å². The molecule has 186 valence electrons. The molecule has 0 radical (unpaired) electrons. The molecule has 3 aromatic rings. The average Bonchev–Trinajstić information content (AvgIpc) is 3.50. The first-order chi connectivity index (χ1) is 18.0. The summed E-state index contributed by atoms with van der Waals surface area (Å²) in [6.45, 7) is 1.34. The standard InChI is InChI=1S/C26H25BN6O4/c27-16-4-2-15(3-5-16)17-7-8-33(26(17)36)19-11-28-23-22(19)30-13-31-24(23)25(35)29-10-14-1-6-20-18(9-14)32-21(34)12-37-20/h1-6,9,13,17,19,28H,7-8,10-12,27H2,(H,29,35)(H,32,34). The third-order valence-corrected chi connectivity index (χ3v) is 7.11. The third-order valence-electron chi connectivity index (χ3n) is 7.11. The second kappa shape index (κ2) is 9.23. The lowest BCUT2D eigenvalue weighted by Gasteiger charge is -2.23. The fourth-order valence-corrected chi connectivity index (χ4v) is 5.18. The topological polar surface area (TPSA) is 126 Å². The Labute approximate surface area is 214 Å². The Hall–Kier alpha value is -4.41. The molecule has 3 aliphatic rings. The summed E-state index contributed by atoms with van der Waals surface area (Å²) in [6, 6.07) is 13.2. The summed E-state index contributed by atoms with van der Waals surface area (Å²) in [5, 5.41) is 8.91. The van der Waals surface area contributed by atoms with E-state index in [0.29, 0.717) is 35.9 Å². The summed E-state index contributed by atoms with van der Waals surface area (Å²) in [4.78, 5) is 48.5. The van der Waals surface area contributed by atoms with Crippen LogP contribution in [0.5, 0.6) is 5.75 Å². The Bertz CT molecular complexity index is 1410. The van der Waals surface area contributed by atoms with Crippen LogP contribution in [0, 0.1) is 0 Å². The van der Waals surface area contributed by atoms with Crippen molar-refractivity contribution >= 4 is 42.4 Å². The number of carbonyl (C=O) groups excluding carboxylic acids is 3. The van der Waals surface area contributed by atoms with Crippen LogP contribution in [0.25, 0.3) is 0 Å². The first-order valence-corrected chi connectivity index (χ1v) is 12.3. The lowest BCUT2D eigenvalue weighted by molar-refractivity contribution is -0.130. The summed E-state index contributed by atoms with van der Waals surface area (Å²) in [6.07, 6.45) is 2.12. The number of hydrogen-bond donors (Lipinski definition) is 3. The molecule has 0 saturated carbocycles. The van der Waals surface area contributed by atoms with E-state index in [0.717, 1.165) is 23.0 Å². The van der Waals surface area contributed by atoms with E-state index >= 15 is 0 Å². The van der Waals surface area contributed by atoms with Crippen LogP contribution in [0.4, 0.5) is 11.4 Å². The third kappa shape index (κ3) is 4.26. The summed E-state index contributed by atoms with van der Waals surface area (Å²) < 4.78 is 5.38. The molecule has 10 nitrogen and oxygen atoms in total. The molecule has 3 aliphatic heterocycles. The van der Waals surface area contributed by atoms with Crippen LogP contribution in [0.2, 0.25) is 0 Å². The lowest BCUT2D eigenvalue weighted by atomic mass is 9.91. The zero-order valence-corrected chi connectivity index (χ0v) is 20.3. The molecule has 37 heavy (non-hydrogen) atoms. The fraction of sp³-hybridized carbons (Fsp3) is 0.269. The van der Waals surface area contributed by atoms with Gasteiger partial charge in [0.25, 0.3) is 11.8 Å². The zero-order valence-electron chi connectivity index (χ0n) is 20.3. The molecule has 6 rings (SSSR count). The number of fused-ring (bicyclic) bond motifs is 2. The van der Waals surface area contributed by atoms with E-state index in [1.807, 2.05) is 43.1 Å². The van der Waals surface area contributed by atoms with Crippen LogP contribution in [-0.2, 0) is 16.1 Å². The molecule has 11 heteroatoms. The van der Waals surface area contributed by atoms with Gasteiger partial charge in [-0.2, -0.15) is 0 Å². The highest BCUT2D eigenvalue weighted by Crippen LogP contribution is 2.39. The van der Waals surface area contributed by atoms with Gasteiger partial charge in [-0.1, -0.05) is 35.8 Å². The van der Waals surface area contributed by atoms with Crippen molar-refractivity contribution in [1.82, 2.24) is 20.2 Å². The molecular weight excluding hydrogens is 471 g/mol. The van der Waals surface area contributed by atoms with Crippen molar-refractivity contribution in [1.29, 1.82) is 0 Å². The van der Waals surface area contributed by atoms with Crippen molar-refractivity contribution in [3.8, 4) is 5.75 Å². The second-order valence-electron chi connectivity index (χ2n) is 9.51. The number of benzene rings is 2. The van der Waals surface area contributed by atoms with Crippen LogP contribution < -0.4 is 26.2 Å². The minimum atomic E-state index is -0.352. The highest BCUT2D eigenvalue weighted by molar-refractivity contribution is 6.32. The molecule has 3 N–H and O–H groups in total. The maximum absolute atomic E-state index is 13.3. The van der Waals surface area contributed by atoms with Crippen LogP contribution in [0.3, 0.4) is 0 Å². The predicted molar refractivity (Wildman–Crippen MR) is 139 cm³/mol. The largest absolute Gasteiger partial charge is 0.482 e. The van der Waals surface area contributed by atoms with Crippen molar-refractivity contribution in [2.75, 3.05) is 30.3 Å². The first-order valence-electron chi connectivity index (χ1n) is 12.3. The smallest absolute Gasteiger partial charge is 0.272 e. The van der Waals surface area contributed by atoms with E-state index in [2.05, 4.69) is 25.9 Å². The average molecular weight is 496 g/mol. The summed E-state index contributed by atoms with van der Waals surface area (Å²) in [5.41, 5.74) is 5.03. The Balaban J connectivity index is 1.16. The SMILES string of the molecule is Bc1ccc(C2CCN(C3CNc4c(C(=O)NCc5ccc6c(c5)NC(=O)CO6)ncnc43)C2=O)cc1. The van der Waals surface area contributed by atoms with Crippen molar-refractivity contribution in [3.05, 3.63) is 71.3 Å². The highest BCUT2D eigenvalue weighted by Gasteiger charge is 2.41. The Morgan fingerprint density at radius 2 is 2.00 bits per heavy atom. The minimum absolute atomic E-state index is 0.00840. The van der Waals surface area contributed by atoms with Crippen LogP contribution in [0.15, 0.2) is 48.8 Å². The van der Waals surface area contributed by atoms with Gasteiger partial charge in [0.15, 0.2) is 12.3 Å². The zero-order chi connectivity index (χ0) is 25.5. The van der Waals surface area contributed by atoms with Gasteiger partial charge in [0.1, 0.15) is 19.9 Å². The van der Waals surface area contributed by atoms with Crippen molar-refractivity contribution < 1.29 is 19.1 Å². The van der Waals surface area contributed by atoms with E-state index in [1.165, 1.54) is 6.33 Å². The number of amides is 3. The normalized spacial score (nSPS) is 19.9. The summed E-state index contributed by atoms with van der Waals surface area (Å²) in [5.74, 6) is -0.0557. The Morgan fingerprint density at radius 3 is 2.84 bits per heavy atom. The van der Waals surface area contributed by atoms with Crippen LogP contribution in [-0.4, -0.2) is 60.1 Å². The summed E-state index contributed by atoms with van der Waals surface area (Å²) >= 11 is 0. The quantitative estimate of drug-likeness (QED) is 0.439. The number of hydrogen-bond acceptors (Lipinski definition) is 7. The summed E-state index contributed by atoms with van der Waals surface area (Å²) in [7, 11) is 2.03. The number of ether oxygens (including phenoxy) is 1. The number of rotatable bonds is 5. The molecule has 0 spiro atoms. The molecule has 0 aliphatic carbocycles. The van der Waals surface area contributed by atoms with Gasteiger partial charge in [-0.3, -0.25) is 14.4 Å². The van der Waals surface area contributed by atoms with Crippen molar-refractivity contribution in [3.63, 3.8) is 0 Å². The number of aromatic nitrogens is 2. The van der Waals surface area contributed by atoms with Gasteiger partial charge in [0, 0.05) is 19.6 Å². The van der Waals surface area contributed by atoms with Gasteiger partial charge in [0.2, 0.25) is 5.91 Å². The molecule has 2 atom stereocenters. The number of nitrogens with one attached hydrogen (secondary N) is 3. The van der Waals surface area contributed by atoms with Crippen molar-refractivity contribution in [2.45, 2.75) is 24.9 Å². The molecule has 2 unspecified atom stereocenters. The molecule has 1 aromatic heterocycles. The number of nitrogens with zero attached hydrogens (tertiary/aromatic N) is 3. The second-order valence-corrected chi connectivity index (χ2v) is 9.51. The van der Waals surface area contributed by atoms with E-state index in [1.54, 1.807) is 12.1 Å². The molecule has 1 fully saturated rings. The molecular formula is C26H25BN6O4. The molecule has 4 heterocycles. The lowest BCUT2D eigenvalue weighted by Crippen LogP contribution is -2.33. The monoisotopic (exact) mass is 496 g/mol. The van der Waals surface area contributed by atoms with Gasteiger partial charge in [-0.15, -0.1) is 0 Å². The minimum Gasteiger partial charge on any atom is -0.482 e. The van der Waals surface area contributed by atoms with Gasteiger partial charge >= 0.3 is 0 Å². The number of likely N-dealkylation sites (tertiary alicyclic amines) is 1. The van der Waals surface area contributed by atoms with Crippen LogP contribution in [0.1, 0.15) is 45.7 Å². The fourth-order valence-electron chi connectivity index (χ4n) is 5.18. The van der Waals surface area contributed by atoms with Gasteiger partial charge in [-0.25, -0.2) is 9.97 Å². The van der Waals surface area contributed by atoms with E-state index in [9.17, 15) is 14.4 Å². The first kappa shape index (κ1) is 23.0. The Morgan fingerprint density at radius 1 is 1.16 bits per heavy atom. The van der Waals surface area contributed by atoms with E-state index in [-0.39, 0.29) is 48.5 Å². The maximum Gasteiger partial charge on any atom is 0.272 e. The molecule has 2 aromatic carbocycles. The van der Waals surface area contributed by atoms with Crippen molar-refractivity contribution in [2.24, 2.45) is 0 Å². The molecule has 0 bridgehead atoms. The number of carbonyl (C=O) groups is 3. The predicted octanol–water partition coefficient (Wildman–Crippen LogP) is 0.479. The highest BCUT2D eigenvalue weighted by atomic mass is 16.5. The Kier molecular flexibility index (Phi) is 5.74. The van der Waals surface area contributed by atoms with Gasteiger partial charge < -0.3 is 25.6 Å². The van der Waals surface area contributed by atoms with E-state index in [4.69, 9.17) is 4.74 Å². The number of anilines is 2. The molecule has 1 saturated heterocycles. The molecule has 3 amide bonds. The maximum atomic E-state index is 13.3.